The van der Waals surface area contributed by atoms with Crippen LogP contribution in [0.1, 0.15) is 6.42 Å². The Balaban J connectivity index is 1.48. The molecule has 2 aromatic carbocycles. The summed E-state index contributed by atoms with van der Waals surface area (Å²) < 4.78 is 5.43. The molecular formula is C22H24ClN3O3S. The van der Waals surface area contributed by atoms with E-state index >= 15 is 0 Å². The lowest BCUT2D eigenvalue weighted by Crippen LogP contribution is -2.37. The minimum Gasteiger partial charge on any atom is -0.378 e. The van der Waals surface area contributed by atoms with Crippen LogP contribution in [0.4, 0.5) is 17.1 Å². The van der Waals surface area contributed by atoms with Crippen molar-refractivity contribution in [1.82, 2.24) is 0 Å². The number of morpholine rings is 1. The summed E-state index contributed by atoms with van der Waals surface area (Å²) in [6, 6.07) is 13.3. The highest BCUT2D eigenvalue weighted by Gasteiger charge is 2.35. The minimum atomic E-state index is -0.408. The normalized spacial score (nSPS) is 19.3. The molecule has 30 heavy (non-hydrogen) atoms. The van der Waals surface area contributed by atoms with Crippen molar-refractivity contribution in [1.29, 1.82) is 0 Å². The largest absolute Gasteiger partial charge is 0.378 e. The molecule has 2 amide bonds. The molecule has 2 fully saturated rings. The van der Waals surface area contributed by atoms with Crippen LogP contribution in [-0.4, -0.2) is 50.9 Å². The van der Waals surface area contributed by atoms with Crippen molar-refractivity contribution in [3.05, 3.63) is 47.5 Å². The number of anilines is 3. The first-order valence-corrected chi connectivity index (χ1v) is 11.5. The average molecular weight is 446 g/mol. The Morgan fingerprint density at radius 2 is 1.90 bits per heavy atom. The van der Waals surface area contributed by atoms with Crippen LogP contribution in [0.2, 0.25) is 5.02 Å². The molecule has 8 heteroatoms. The molecule has 2 aromatic rings. The van der Waals surface area contributed by atoms with Gasteiger partial charge in [-0.2, -0.15) is 0 Å². The Morgan fingerprint density at radius 3 is 2.60 bits per heavy atom. The van der Waals surface area contributed by atoms with E-state index < -0.39 is 5.92 Å². The van der Waals surface area contributed by atoms with Gasteiger partial charge in [0.2, 0.25) is 11.8 Å². The molecule has 2 saturated heterocycles. The minimum absolute atomic E-state index is 0.0356. The first-order valence-electron chi connectivity index (χ1n) is 9.92. The van der Waals surface area contributed by atoms with Gasteiger partial charge in [-0.1, -0.05) is 11.6 Å². The predicted octanol–water partition coefficient (Wildman–Crippen LogP) is 3.89. The fraction of sp³-hybridized carbons (Fsp3) is 0.364. The summed E-state index contributed by atoms with van der Waals surface area (Å²) in [4.78, 5) is 30.6. The maximum Gasteiger partial charge on any atom is 0.229 e. The Bertz CT molecular complexity index is 932. The summed E-state index contributed by atoms with van der Waals surface area (Å²) in [7, 11) is 0. The quantitative estimate of drug-likeness (QED) is 0.707. The highest BCUT2D eigenvalue weighted by molar-refractivity contribution is 7.98. The van der Waals surface area contributed by atoms with Crippen LogP contribution < -0.4 is 15.1 Å². The fourth-order valence-electron chi connectivity index (χ4n) is 3.82. The smallest absolute Gasteiger partial charge is 0.229 e. The molecule has 4 rings (SSSR count). The van der Waals surface area contributed by atoms with E-state index in [0.717, 1.165) is 29.4 Å². The highest BCUT2D eigenvalue weighted by Crippen LogP contribution is 2.32. The molecule has 1 atom stereocenters. The molecule has 0 aromatic heterocycles. The molecule has 2 heterocycles. The highest BCUT2D eigenvalue weighted by atomic mass is 35.5. The van der Waals surface area contributed by atoms with Crippen LogP contribution >= 0.6 is 23.4 Å². The second-order valence-corrected chi connectivity index (χ2v) is 8.67. The van der Waals surface area contributed by atoms with Gasteiger partial charge in [0.25, 0.3) is 0 Å². The Labute approximate surface area is 185 Å². The first-order chi connectivity index (χ1) is 14.5. The molecule has 0 bridgehead atoms. The number of rotatable bonds is 5. The van der Waals surface area contributed by atoms with Gasteiger partial charge < -0.3 is 19.9 Å². The van der Waals surface area contributed by atoms with Crippen molar-refractivity contribution in [2.45, 2.75) is 11.3 Å². The van der Waals surface area contributed by atoms with Crippen LogP contribution in [0.15, 0.2) is 47.4 Å². The van der Waals surface area contributed by atoms with Crippen LogP contribution in [0.5, 0.6) is 0 Å². The number of carbonyl (C=O) groups is 2. The standard InChI is InChI=1S/C22H24ClN3O3S/c1-30-18-5-3-17(4-6-18)26-14-15(12-21(26)27)22(28)24-19-13-16(23)2-7-20(19)25-8-10-29-11-9-25/h2-7,13,15H,8-12,14H2,1H3,(H,24,28). The third-order valence-electron chi connectivity index (χ3n) is 5.45. The Morgan fingerprint density at radius 1 is 1.17 bits per heavy atom. The number of amides is 2. The number of hydrogen-bond acceptors (Lipinski definition) is 5. The monoisotopic (exact) mass is 445 g/mol. The van der Waals surface area contributed by atoms with Gasteiger partial charge in [0, 0.05) is 41.7 Å². The number of ether oxygens (including phenoxy) is 1. The van der Waals surface area contributed by atoms with E-state index in [1.165, 1.54) is 0 Å². The zero-order valence-corrected chi connectivity index (χ0v) is 18.3. The SMILES string of the molecule is CSc1ccc(N2CC(C(=O)Nc3cc(Cl)ccc3N3CCOCC3)CC2=O)cc1. The van der Waals surface area contributed by atoms with Gasteiger partial charge in [-0.3, -0.25) is 9.59 Å². The second-order valence-electron chi connectivity index (χ2n) is 7.35. The third kappa shape index (κ3) is 4.58. The van der Waals surface area contributed by atoms with Crippen molar-refractivity contribution in [2.75, 3.05) is 54.2 Å². The lowest BCUT2D eigenvalue weighted by Gasteiger charge is -2.30. The molecule has 0 radical (unpaired) electrons. The lowest BCUT2D eigenvalue weighted by atomic mass is 10.1. The van der Waals surface area contributed by atoms with Gasteiger partial charge in [-0.15, -0.1) is 11.8 Å². The number of hydrogen-bond donors (Lipinski definition) is 1. The van der Waals surface area contributed by atoms with Gasteiger partial charge >= 0.3 is 0 Å². The molecule has 6 nitrogen and oxygen atoms in total. The summed E-state index contributed by atoms with van der Waals surface area (Å²) >= 11 is 7.84. The molecular weight excluding hydrogens is 422 g/mol. The van der Waals surface area contributed by atoms with Crippen LogP contribution in [0.3, 0.4) is 0 Å². The van der Waals surface area contributed by atoms with Crippen molar-refractivity contribution in [3.63, 3.8) is 0 Å². The predicted molar refractivity (Wildman–Crippen MR) is 122 cm³/mol. The number of nitrogens with zero attached hydrogens (tertiary/aromatic N) is 2. The van der Waals surface area contributed by atoms with Gasteiger partial charge in [-0.05, 0) is 48.7 Å². The summed E-state index contributed by atoms with van der Waals surface area (Å²) in [6.07, 6.45) is 2.21. The Kier molecular flexibility index (Phi) is 6.51. The summed E-state index contributed by atoms with van der Waals surface area (Å²) in [5, 5.41) is 3.57. The Hall–Kier alpha value is -2.22. The maximum absolute atomic E-state index is 13.0. The van der Waals surface area contributed by atoms with E-state index in [0.29, 0.717) is 30.5 Å². The number of benzene rings is 2. The lowest BCUT2D eigenvalue weighted by molar-refractivity contribution is -0.122. The zero-order chi connectivity index (χ0) is 21.1. The zero-order valence-electron chi connectivity index (χ0n) is 16.8. The first kappa shape index (κ1) is 21.0. The summed E-state index contributed by atoms with van der Waals surface area (Å²) in [5.41, 5.74) is 2.42. The summed E-state index contributed by atoms with van der Waals surface area (Å²) in [6.45, 7) is 3.18. The average Bonchev–Trinajstić information content (AvgIpc) is 3.16. The molecule has 0 spiro atoms. The molecule has 2 aliphatic rings. The number of thioether (sulfide) groups is 1. The molecule has 1 unspecified atom stereocenters. The van der Waals surface area contributed by atoms with Crippen molar-refractivity contribution in [3.8, 4) is 0 Å². The van der Waals surface area contributed by atoms with E-state index in [4.69, 9.17) is 16.3 Å². The van der Waals surface area contributed by atoms with Crippen LogP contribution in [0.25, 0.3) is 0 Å². The van der Waals surface area contributed by atoms with Crippen molar-refractivity contribution < 1.29 is 14.3 Å². The number of halogens is 1. The van der Waals surface area contributed by atoms with Crippen LogP contribution in [0, 0.1) is 5.92 Å². The maximum atomic E-state index is 13.0. The summed E-state index contributed by atoms with van der Waals surface area (Å²) in [5.74, 6) is -0.607. The molecule has 0 saturated carbocycles. The molecule has 0 aliphatic carbocycles. The van der Waals surface area contributed by atoms with E-state index in [9.17, 15) is 9.59 Å². The molecule has 2 aliphatic heterocycles. The fourth-order valence-corrected chi connectivity index (χ4v) is 4.40. The van der Waals surface area contributed by atoms with E-state index in [1.54, 1.807) is 22.7 Å². The van der Waals surface area contributed by atoms with Gasteiger partial charge in [0.15, 0.2) is 0 Å². The number of carbonyl (C=O) groups excluding carboxylic acids is 2. The van der Waals surface area contributed by atoms with Gasteiger partial charge in [-0.25, -0.2) is 0 Å². The van der Waals surface area contributed by atoms with E-state index in [2.05, 4.69) is 10.2 Å². The molecule has 158 valence electrons. The van der Waals surface area contributed by atoms with Crippen molar-refractivity contribution in [2.24, 2.45) is 5.92 Å². The topological polar surface area (TPSA) is 61.9 Å². The second kappa shape index (κ2) is 9.29. The van der Waals surface area contributed by atoms with E-state index in [1.807, 2.05) is 42.7 Å². The van der Waals surface area contributed by atoms with Gasteiger partial charge in [0.05, 0.1) is 30.5 Å². The molecule has 1 N–H and O–H groups in total. The van der Waals surface area contributed by atoms with E-state index in [-0.39, 0.29) is 18.2 Å². The third-order valence-corrected chi connectivity index (χ3v) is 6.43. The van der Waals surface area contributed by atoms with Crippen LogP contribution in [-0.2, 0) is 14.3 Å². The van der Waals surface area contributed by atoms with Crippen molar-refractivity contribution >= 4 is 52.2 Å². The number of nitrogens with one attached hydrogen (secondary N) is 1. The van der Waals surface area contributed by atoms with Gasteiger partial charge in [0.1, 0.15) is 0 Å².